The normalized spacial score (nSPS) is 16.9. The topological polar surface area (TPSA) is 29.3 Å². The van der Waals surface area contributed by atoms with E-state index in [1.165, 1.54) is 38.5 Å². The molecule has 2 N–H and O–H groups in total. The molecule has 0 aromatic heterocycles. The van der Waals surface area contributed by atoms with Gasteiger partial charge in [-0.05, 0) is 31.0 Å². The van der Waals surface area contributed by atoms with Gasteiger partial charge in [0.1, 0.15) is 10.8 Å². The molecule has 0 atom stereocenters. The molecular weight excluding hydrogens is 259 g/mol. The van der Waals surface area contributed by atoms with Gasteiger partial charge in [-0.1, -0.05) is 37.9 Å². The molecule has 2 nitrogen and oxygen atoms in total. The molecule has 104 valence electrons. The predicted molar refractivity (Wildman–Crippen MR) is 82.2 cm³/mol. The fraction of sp³-hybridized carbons (Fsp3) is 0.533. The lowest BCUT2D eigenvalue weighted by Crippen LogP contribution is -2.31. The van der Waals surface area contributed by atoms with Crippen LogP contribution in [0.4, 0.5) is 10.1 Å². The van der Waals surface area contributed by atoms with Gasteiger partial charge in [-0.15, -0.1) is 0 Å². The highest BCUT2D eigenvalue weighted by molar-refractivity contribution is 7.80. The number of benzene rings is 1. The second kappa shape index (κ2) is 6.33. The Bertz CT molecular complexity index is 453. The molecule has 0 spiro atoms. The van der Waals surface area contributed by atoms with E-state index in [0.717, 1.165) is 5.69 Å². The maximum atomic E-state index is 13.9. The van der Waals surface area contributed by atoms with Crippen LogP contribution in [-0.2, 0) is 0 Å². The van der Waals surface area contributed by atoms with Crippen molar-refractivity contribution in [3.8, 4) is 0 Å². The minimum absolute atomic E-state index is 0.112. The molecule has 1 aliphatic rings. The van der Waals surface area contributed by atoms with E-state index < -0.39 is 0 Å². The Morgan fingerprint density at radius 1 is 1.26 bits per heavy atom. The van der Waals surface area contributed by atoms with Crippen LogP contribution in [-0.4, -0.2) is 18.1 Å². The zero-order valence-corrected chi connectivity index (χ0v) is 12.2. The average molecular weight is 280 g/mol. The van der Waals surface area contributed by atoms with Crippen LogP contribution in [0.3, 0.4) is 0 Å². The molecule has 1 aromatic carbocycles. The van der Waals surface area contributed by atoms with Crippen LogP contribution in [0.2, 0.25) is 0 Å². The van der Waals surface area contributed by atoms with E-state index in [9.17, 15) is 4.39 Å². The summed E-state index contributed by atoms with van der Waals surface area (Å²) in [5.41, 5.74) is 6.72. The summed E-state index contributed by atoms with van der Waals surface area (Å²) in [6.07, 6.45) is 7.55. The average Bonchev–Trinajstić information content (AvgIpc) is 2.66. The number of nitrogens with two attached hydrogens (primary N) is 1. The fourth-order valence-electron chi connectivity index (χ4n) is 2.78. The molecule has 1 fully saturated rings. The van der Waals surface area contributed by atoms with E-state index in [1.807, 2.05) is 13.1 Å². The van der Waals surface area contributed by atoms with Gasteiger partial charge in [0.05, 0.1) is 0 Å². The smallest absolute Gasteiger partial charge is 0.135 e. The molecular formula is C15H21FN2S. The lowest BCUT2D eigenvalue weighted by molar-refractivity contribution is 0.551. The van der Waals surface area contributed by atoms with E-state index >= 15 is 0 Å². The number of nitrogens with zero attached hydrogens (tertiary/aromatic N) is 1. The predicted octanol–water partition coefficient (Wildman–Crippen LogP) is 3.62. The summed E-state index contributed by atoms with van der Waals surface area (Å²) in [6, 6.07) is 5.64. The van der Waals surface area contributed by atoms with Crippen molar-refractivity contribution in [3.63, 3.8) is 0 Å². The molecule has 0 bridgehead atoms. The Labute approximate surface area is 119 Å². The van der Waals surface area contributed by atoms with Gasteiger partial charge < -0.3 is 10.6 Å². The van der Waals surface area contributed by atoms with Crippen molar-refractivity contribution in [2.45, 2.75) is 44.6 Å². The molecule has 0 amide bonds. The first-order chi connectivity index (χ1) is 9.09. The maximum absolute atomic E-state index is 13.9. The maximum Gasteiger partial charge on any atom is 0.135 e. The third-order valence-electron chi connectivity index (χ3n) is 4.00. The van der Waals surface area contributed by atoms with Crippen LogP contribution in [0, 0.1) is 5.82 Å². The molecule has 1 saturated carbocycles. The van der Waals surface area contributed by atoms with Crippen LogP contribution in [0.5, 0.6) is 0 Å². The number of rotatable bonds is 3. The van der Waals surface area contributed by atoms with Crippen LogP contribution < -0.4 is 10.6 Å². The first-order valence-corrected chi connectivity index (χ1v) is 7.32. The fourth-order valence-corrected chi connectivity index (χ4v) is 2.94. The quantitative estimate of drug-likeness (QED) is 0.677. The SMILES string of the molecule is CN(c1ccc(C(N)=S)c(F)c1)C1CCCCCC1. The van der Waals surface area contributed by atoms with Gasteiger partial charge in [0.2, 0.25) is 0 Å². The van der Waals surface area contributed by atoms with E-state index in [0.29, 0.717) is 11.6 Å². The highest BCUT2D eigenvalue weighted by Crippen LogP contribution is 2.26. The largest absolute Gasteiger partial charge is 0.389 e. The van der Waals surface area contributed by atoms with Gasteiger partial charge in [0.25, 0.3) is 0 Å². The first-order valence-electron chi connectivity index (χ1n) is 6.92. The molecule has 0 radical (unpaired) electrons. The van der Waals surface area contributed by atoms with Gasteiger partial charge in [0, 0.05) is 24.3 Å². The summed E-state index contributed by atoms with van der Waals surface area (Å²) < 4.78 is 13.9. The zero-order chi connectivity index (χ0) is 13.8. The Morgan fingerprint density at radius 2 is 1.89 bits per heavy atom. The summed E-state index contributed by atoms with van der Waals surface area (Å²) in [5, 5.41) is 0. The minimum atomic E-state index is -0.328. The number of halogens is 1. The van der Waals surface area contributed by atoms with E-state index in [-0.39, 0.29) is 10.8 Å². The third kappa shape index (κ3) is 3.44. The second-order valence-electron chi connectivity index (χ2n) is 5.28. The van der Waals surface area contributed by atoms with Crippen molar-refractivity contribution in [3.05, 3.63) is 29.6 Å². The summed E-state index contributed by atoms with van der Waals surface area (Å²) in [6.45, 7) is 0. The van der Waals surface area contributed by atoms with Gasteiger partial charge in [-0.3, -0.25) is 0 Å². The zero-order valence-electron chi connectivity index (χ0n) is 11.4. The summed E-state index contributed by atoms with van der Waals surface area (Å²) in [5.74, 6) is -0.328. The number of thiocarbonyl (C=S) groups is 1. The molecule has 0 aliphatic heterocycles. The molecule has 1 aliphatic carbocycles. The molecule has 0 heterocycles. The Morgan fingerprint density at radius 3 is 2.42 bits per heavy atom. The third-order valence-corrected chi connectivity index (χ3v) is 4.22. The monoisotopic (exact) mass is 280 g/mol. The molecule has 4 heteroatoms. The second-order valence-corrected chi connectivity index (χ2v) is 5.72. The van der Waals surface area contributed by atoms with Crippen molar-refractivity contribution in [1.29, 1.82) is 0 Å². The minimum Gasteiger partial charge on any atom is -0.389 e. The lowest BCUT2D eigenvalue weighted by Gasteiger charge is -2.29. The van der Waals surface area contributed by atoms with Crippen molar-refractivity contribution < 1.29 is 4.39 Å². The molecule has 0 saturated heterocycles. The summed E-state index contributed by atoms with van der Waals surface area (Å²) >= 11 is 4.83. The standard InChI is InChI=1S/C15H21FN2S/c1-18(11-6-4-2-3-5-7-11)12-8-9-13(15(17)19)14(16)10-12/h8-11H,2-7H2,1H3,(H2,17,19). The number of hydrogen-bond acceptors (Lipinski definition) is 2. The Kier molecular flexibility index (Phi) is 4.75. The van der Waals surface area contributed by atoms with Crippen LogP contribution in [0.1, 0.15) is 44.1 Å². The first kappa shape index (κ1) is 14.3. The van der Waals surface area contributed by atoms with E-state index in [4.69, 9.17) is 18.0 Å². The van der Waals surface area contributed by atoms with Crippen molar-refractivity contribution in [1.82, 2.24) is 0 Å². The van der Waals surface area contributed by atoms with Crippen LogP contribution in [0.15, 0.2) is 18.2 Å². The van der Waals surface area contributed by atoms with E-state index in [1.54, 1.807) is 12.1 Å². The Balaban J connectivity index is 2.16. The van der Waals surface area contributed by atoms with Crippen molar-refractivity contribution in [2.24, 2.45) is 5.73 Å². The summed E-state index contributed by atoms with van der Waals surface area (Å²) in [4.78, 5) is 2.30. The Hall–Kier alpha value is -1.16. The van der Waals surface area contributed by atoms with Gasteiger partial charge in [-0.25, -0.2) is 4.39 Å². The molecule has 19 heavy (non-hydrogen) atoms. The molecule has 1 aromatic rings. The lowest BCUT2D eigenvalue weighted by atomic mass is 10.1. The molecule has 2 rings (SSSR count). The molecule has 0 unspecified atom stereocenters. The number of hydrogen-bond donors (Lipinski definition) is 1. The van der Waals surface area contributed by atoms with Crippen molar-refractivity contribution in [2.75, 3.05) is 11.9 Å². The van der Waals surface area contributed by atoms with Crippen LogP contribution in [0.25, 0.3) is 0 Å². The highest BCUT2D eigenvalue weighted by atomic mass is 32.1. The van der Waals surface area contributed by atoms with Crippen molar-refractivity contribution >= 4 is 22.9 Å². The van der Waals surface area contributed by atoms with Gasteiger partial charge in [-0.2, -0.15) is 0 Å². The van der Waals surface area contributed by atoms with E-state index in [2.05, 4.69) is 4.90 Å². The number of anilines is 1. The van der Waals surface area contributed by atoms with Gasteiger partial charge >= 0.3 is 0 Å². The summed E-state index contributed by atoms with van der Waals surface area (Å²) in [7, 11) is 2.05. The highest BCUT2D eigenvalue weighted by Gasteiger charge is 2.18. The van der Waals surface area contributed by atoms with Gasteiger partial charge in [0.15, 0.2) is 0 Å². The van der Waals surface area contributed by atoms with Crippen LogP contribution >= 0.6 is 12.2 Å².